The van der Waals surface area contributed by atoms with Crippen LogP contribution in [-0.4, -0.2) is 6.61 Å². The molecule has 0 spiro atoms. The average Bonchev–Trinajstić information content (AvgIpc) is 2.03. The summed E-state index contributed by atoms with van der Waals surface area (Å²) < 4.78 is 17.8. The van der Waals surface area contributed by atoms with E-state index in [9.17, 15) is 4.39 Å². The topological polar surface area (TPSA) is 9.23 Å². The van der Waals surface area contributed by atoms with Crippen LogP contribution in [0.25, 0.3) is 0 Å². The zero-order valence-corrected chi connectivity index (χ0v) is 7.57. The zero-order chi connectivity index (χ0) is 8.97. The van der Waals surface area contributed by atoms with Gasteiger partial charge in [-0.15, -0.1) is 0 Å². The minimum Gasteiger partial charge on any atom is -0.492 e. The van der Waals surface area contributed by atoms with Crippen LogP contribution >= 0.6 is 11.6 Å². The van der Waals surface area contributed by atoms with E-state index >= 15 is 0 Å². The van der Waals surface area contributed by atoms with E-state index in [1.165, 1.54) is 18.2 Å². The maximum Gasteiger partial charge on any atom is 0.138 e. The van der Waals surface area contributed by atoms with Gasteiger partial charge in [0.1, 0.15) is 11.6 Å². The van der Waals surface area contributed by atoms with E-state index in [0.29, 0.717) is 17.4 Å². The lowest BCUT2D eigenvalue weighted by molar-refractivity contribution is 0.317. The Morgan fingerprint density at radius 3 is 2.83 bits per heavy atom. The van der Waals surface area contributed by atoms with Crippen molar-refractivity contribution in [3.05, 3.63) is 29.0 Å². The molecule has 1 nitrogen and oxygen atoms in total. The number of rotatable bonds is 3. The predicted octanol–water partition coefficient (Wildman–Crippen LogP) is 3.27. The van der Waals surface area contributed by atoms with Crippen molar-refractivity contribution >= 4 is 11.6 Å². The van der Waals surface area contributed by atoms with Crippen molar-refractivity contribution in [1.29, 1.82) is 0 Å². The summed E-state index contributed by atoms with van der Waals surface area (Å²) in [5.74, 6) is 0.198. The van der Waals surface area contributed by atoms with Gasteiger partial charge in [0.2, 0.25) is 0 Å². The fraction of sp³-hybridized carbons (Fsp3) is 0.333. The summed E-state index contributed by atoms with van der Waals surface area (Å²) in [6.45, 7) is 2.60. The summed E-state index contributed by atoms with van der Waals surface area (Å²) in [4.78, 5) is 0. The molecule has 0 aliphatic rings. The Morgan fingerprint density at radius 2 is 2.25 bits per heavy atom. The molecule has 1 rings (SSSR count). The Labute approximate surface area is 76.1 Å². The number of ether oxygens (including phenoxy) is 1. The second-order valence-corrected chi connectivity index (χ2v) is 2.83. The Morgan fingerprint density at radius 1 is 1.50 bits per heavy atom. The smallest absolute Gasteiger partial charge is 0.138 e. The molecule has 0 fully saturated rings. The molecule has 1 aromatic rings. The van der Waals surface area contributed by atoms with Gasteiger partial charge in [0, 0.05) is 0 Å². The number of halogens is 2. The zero-order valence-electron chi connectivity index (χ0n) is 6.81. The summed E-state index contributed by atoms with van der Waals surface area (Å²) in [6, 6.07) is 4.11. The lowest BCUT2D eigenvalue weighted by Crippen LogP contribution is -1.95. The van der Waals surface area contributed by atoms with E-state index in [0.717, 1.165) is 6.42 Å². The van der Waals surface area contributed by atoms with Crippen molar-refractivity contribution in [2.24, 2.45) is 0 Å². The van der Waals surface area contributed by atoms with Gasteiger partial charge in [0.15, 0.2) is 0 Å². The monoisotopic (exact) mass is 188 g/mol. The molecule has 0 N–H and O–H groups in total. The number of hydrogen-bond donors (Lipinski definition) is 0. The maximum atomic E-state index is 12.5. The van der Waals surface area contributed by atoms with Crippen molar-refractivity contribution in [3.63, 3.8) is 0 Å². The molecule has 0 heterocycles. The van der Waals surface area contributed by atoms with Gasteiger partial charge in [-0.2, -0.15) is 0 Å². The molecule has 66 valence electrons. The SMILES string of the molecule is CCCOc1ccc(F)cc1Cl. The van der Waals surface area contributed by atoms with Gasteiger partial charge in [-0.25, -0.2) is 4.39 Å². The molecule has 0 radical (unpaired) electrons. The molecule has 12 heavy (non-hydrogen) atoms. The summed E-state index contributed by atoms with van der Waals surface area (Å²) in [6.07, 6.45) is 0.910. The molecule has 3 heteroatoms. The third-order valence-corrected chi connectivity index (χ3v) is 1.65. The van der Waals surface area contributed by atoms with E-state index in [1.54, 1.807) is 0 Å². The van der Waals surface area contributed by atoms with E-state index in [4.69, 9.17) is 16.3 Å². The van der Waals surface area contributed by atoms with E-state index < -0.39 is 0 Å². The highest BCUT2D eigenvalue weighted by Crippen LogP contribution is 2.24. The maximum absolute atomic E-state index is 12.5. The molecule has 0 aliphatic carbocycles. The molecule has 0 saturated heterocycles. The molecule has 0 unspecified atom stereocenters. The van der Waals surface area contributed by atoms with Gasteiger partial charge >= 0.3 is 0 Å². The van der Waals surface area contributed by atoms with Crippen LogP contribution in [0.2, 0.25) is 5.02 Å². The third-order valence-electron chi connectivity index (χ3n) is 1.36. The minimum absolute atomic E-state index is 0.323. The van der Waals surface area contributed by atoms with Crippen molar-refractivity contribution in [2.75, 3.05) is 6.61 Å². The van der Waals surface area contributed by atoms with Crippen LogP contribution in [0.1, 0.15) is 13.3 Å². The van der Waals surface area contributed by atoms with Crippen LogP contribution in [0.5, 0.6) is 5.75 Å². The van der Waals surface area contributed by atoms with Crippen molar-refractivity contribution in [2.45, 2.75) is 13.3 Å². The van der Waals surface area contributed by atoms with Crippen molar-refractivity contribution < 1.29 is 9.13 Å². The fourth-order valence-electron chi connectivity index (χ4n) is 0.804. The quantitative estimate of drug-likeness (QED) is 0.708. The van der Waals surface area contributed by atoms with E-state index in [-0.39, 0.29) is 5.82 Å². The lowest BCUT2D eigenvalue weighted by Gasteiger charge is -2.05. The number of benzene rings is 1. The molecular weight excluding hydrogens is 179 g/mol. The molecule has 0 aromatic heterocycles. The predicted molar refractivity (Wildman–Crippen MR) is 47.2 cm³/mol. The summed E-state index contributed by atoms with van der Waals surface area (Å²) in [7, 11) is 0. The van der Waals surface area contributed by atoms with Crippen LogP contribution < -0.4 is 4.74 Å². The first-order valence-corrected chi connectivity index (χ1v) is 4.19. The van der Waals surface area contributed by atoms with Gasteiger partial charge in [-0.05, 0) is 24.6 Å². The van der Waals surface area contributed by atoms with Crippen LogP contribution in [0.4, 0.5) is 4.39 Å². The van der Waals surface area contributed by atoms with Crippen LogP contribution in [-0.2, 0) is 0 Å². The fourth-order valence-corrected chi connectivity index (χ4v) is 1.03. The molecule has 1 aromatic carbocycles. The standard InChI is InChI=1S/C9H10ClFO/c1-2-5-12-9-4-3-7(11)6-8(9)10/h3-4,6H,2,5H2,1H3. The molecule has 0 amide bonds. The normalized spacial score (nSPS) is 9.92. The Kier molecular flexibility index (Phi) is 3.35. The highest BCUT2D eigenvalue weighted by Gasteiger charge is 2.01. The summed E-state index contributed by atoms with van der Waals surface area (Å²) in [5.41, 5.74) is 0. The van der Waals surface area contributed by atoms with E-state index in [1.807, 2.05) is 6.92 Å². The second-order valence-electron chi connectivity index (χ2n) is 2.42. The van der Waals surface area contributed by atoms with Crippen LogP contribution in [0, 0.1) is 5.82 Å². The highest BCUT2D eigenvalue weighted by molar-refractivity contribution is 6.32. The summed E-state index contributed by atoms with van der Waals surface area (Å²) in [5, 5.41) is 0.323. The lowest BCUT2D eigenvalue weighted by atomic mass is 10.3. The largest absolute Gasteiger partial charge is 0.492 e. The third kappa shape index (κ3) is 2.38. The van der Waals surface area contributed by atoms with Crippen molar-refractivity contribution in [3.8, 4) is 5.75 Å². The van der Waals surface area contributed by atoms with Gasteiger partial charge in [-0.1, -0.05) is 18.5 Å². The minimum atomic E-state index is -0.344. The van der Waals surface area contributed by atoms with Gasteiger partial charge in [0.05, 0.1) is 11.6 Å². The second kappa shape index (κ2) is 4.31. The van der Waals surface area contributed by atoms with Crippen LogP contribution in [0.15, 0.2) is 18.2 Å². The highest BCUT2D eigenvalue weighted by atomic mass is 35.5. The first kappa shape index (κ1) is 9.33. The first-order chi connectivity index (χ1) is 5.74. The molecule has 0 atom stereocenters. The summed E-state index contributed by atoms with van der Waals surface area (Å²) >= 11 is 5.70. The Hall–Kier alpha value is -0.760. The molecule has 0 saturated carbocycles. The van der Waals surface area contributed by atoms with Crippen molar-refractivity contribution in [1.82, 2.24) is 0 Å². The molecule has 0 aliphatic heterocycles. The van der Waals surface area contributed by atoms with E-state index in [2.05, 4.69) is 0 Å². The van der Waals surface area contributed by atoms with Gasteiger partial charge in [-0.3, -0.25) is 0 Å². The average molecular weight is 189 g/mol. The van der Waals surface area contributed by atoms with Gasteiger partial charge < -0.3 is 4.74 Å². The molecular formula is C9H10ClFO. The number of hydrogen-bond acceptors (Lipinski definition) is 1. The Bertz CT molecular complexity index is 263. The first-order valence-electron chi connectivity index (χ1n) is 3.82. The van der Waals surface area contributed by atoms with Gasteiger partial charge in [0.25, 0.3) is 0 Å². The Balaban J connectivity index is 2.72. The molecule has 0 bridgehead atoms. The van der Waals surface area contributed by atoms with Crippen LogP contribution in [0.3, 0.4) is 0 Å².